The fraction of sp³-hybridized carbons (Fsp3) is 0.133. The average molecular weight is 397 g/mol. The van der Waals surface area contributed by atoms with E-state index < -0.39 is 27.4 Å². The van der Waals surface area contributed by atoms with Crippen LogP contribution < -0.4 is 10.1 Å². The molecule has 0 atom stereocenters. The highest BCUT2D eigenvalue weighted by molar-refractivity contribution is 7.89. The topological polar surface area (TPSA) is 122 Å². The maximum atomic E-state index is 12.7. The Bertz CT molecular complexity index is 1040. The van der Waals surface area contributed by atoms with Gasteiger partial charge in [0.1, 0.15) is 10.9 Å². The molecule has 0 fully saturated rings. The molecule has 0 aliphatic carbocycles. The quantitative estimate of drug-likeness (QED) is 0.808. The van der Waals surface area contributed by atoms with E-state index in [2.05, 4.69) is 15.3 Å². The molecule has 2 aromatic rings. The second-order valence-electron chi connectivity index (χ2n) is 5.21. The number of anilines is 1. The zero-order chi connectivity index (χ0) is 19.1. The molecule has 0 bridgehead atoms. The van der Waals surface area contributed by atoms with Crippen molar-refractivity contribution in [3.05, 3.63) is 47.0 Å². The van der Waals surface area contributed by atoms with Gasteiger partial charge in [-0.25, -0.2) is 13.4 Å². The summed E-state index contributed by atoms with van der Waals surface area (Å²) in [5.41, 5.74) is -0.502. The number of ether oxygens (including phenoxy) is 1. The summed E-state index contributed by atoms with van der Waals surface area (Å²) in [6.07, 6.45) is 2.50. The molecule has 136 valence electrons. The molecule has 0 unspecified atom stereocenters. The van der Waals surface area contributed by atoms with Crippen molar-refractivity contribution in [2.75, 3.05) is 19.5 Å². The van der Waals surface area contributed by atoms with E-state index in [0.29, 0.717) is 10.1 Å². The van der Waals surface area contributed by atoms with Crippen LogP contribution in [0.1, 0.15) is 5.56 Å². The van der Waals surface area contributed by atoms with Crippen molar-refractivity contribution in [2.24, 2.45) is 0 Å². The Morgan fingerprint density at radius 3 is 2.73 bits per heavy atom. The van der Waals surface area contributed by atoms with Gasteiger partial charge in [0, 0.05) is 12.6 Å². The number of halogens is 1. The molecule has 1 aromatic heterocycles. The summed E-state index contributed by atoms with van der Waals surface area (Å²) in [5.74, 6) is -1.07. The number of amides is 1. The van der Waals surface area contributed by atoms with Gasteiger partial charge in [-0.3, -0.25) is 14.1 Å². The molecular formula is C15H13ClN4O5S. The van der Waals surface area contributed by atoms with Gasteiger partial charge in [-0.1, -0.05) is 11.6 Å². The summed E-state index contributed by atoms with van der Waals surface area (Å²) >= 11 is 5.71. The Morgan fingerprint density at radius 1 is 1.35 bits per heavy atom. The number of carbonyl (C=O) groups is 1. The maximum Gasteiger partial charge on any atom is 0.278 e. The second-order valence-corrected chi connectivity index (χ2v) is 7.54. The molecule has 11 heteroatoms. The minimum atomic E-state index is -4.04. The van der Waals surface area contributed by atoms with E-state index in [9.17, 15) is 18.3 Å². The third kappa shape index (κ3) is 2.93. The molecule has 1 aliphatic rings. The van der Waals surface area contributed by atoms with Crippen LogP contribution >= 0.6 is 11.6 Å². The minimum absolute atomic E-state index is 0.00466. The Kier molecular flexibility index (Phi) is 4.46. The predicted molar refractivity (Wildman–Crippen MR) is 93.2 cm³/mol. The molecule has 3 rings (SSSR count). The number of benzene rings is 1. The smallest absolute Gasteiger partial charge is 0.278 e. The number of nitrogens with zero attached hydrogens (tertiary/aromatic N) is 3. The number of hydrogen-bond acceptors (Lipinski definition) is 7. The van der Waals surface area contributed by atoms with Crippen LogP contribution in [0.25, 0.3) is 5.76 Å². The molecule has 1 aliphatic heterocycles. The third-order valence-electron chi connectivity index (χ3n) is 3.68. The number of fused-ring (bicyclic) bond motifs is 1. The van der Waals surface area contributed by atoms with Crippen LogP contribution in [0.2, 0.25) is 5.15 Å². The van der Waals surface area contributed by atoms with Crippen LogP contribution in [0.4, 0.5) is 5.82 Å². The summed E-state index contributed by atoms with van der Waals surface area (Å²) in [6.45, 7) is 0. The Hall–Kier alpha value is -2.85. The molecule has 0 spiro atoms. The standard InChI is InChI=1S/C15H13ClN4O5S/c1-20-13(15(22)19-12-7-17-6-11(16)18-12)14(21)9-5-8(25-2)3-4-10(9)26(20,23)24/h3-7,21H,1-2H3,(H,18,19,22). The zero-order valence-electron chi connectivity index (χ0n) is 13.6. The number of rotatable bonds is 3. The first-order valence-corrected chi connectivity index (χ1v) is 8.97. The number of likely N-dealkylation sites (N-methyl/N-ethyl adjacent to an activating group) is 1. The van der Waals surface area contributed by atoms with Crippen molar-refractivity contribution >= 4 is 39.1 Å². The van der Waals surface area contributed by atoms with Crippen LogP contribution in [0, 0.1) is 0 Å². The van der Waals surface area contributed by atoms with E-state index in [1.165, 1.54) is 37.7 Å². The van der Waals surface area contributed by atoms with E-state index in [1.807, 2.05) is 0 Å². The lowest BCUT2D eigenvalue weighted by Gasteiger charge is -2.28. The van der Waals surface area contributed by atoms with Crippen LogP contribution in [0.15, 0.2) is 41.2 Å². The van der Waals surface area contributed by atoms with Crippen molar-refractivity contribution in [1.82, 2.24) is 14.3 Å². The normalized spacial score (nSPS) is 15.4. The summed E-state index contributed by atoms with van der Waals surface area (Å²) in [7, 11) is -1.47. The zero-order valence-corrected chi connectivity index (χ0v) is 15.2. The molecule has 2 heterocycles. The minimum Gasteiger partial charge on any atom is -0.505 e. The Labute approximate surface area is 154 Å². The highest BCUT2D eigenvalue weighted by atomic mass is 35.5. The monoisotopic (exact) mass is 396 g/mol. The van der Waals surface area contributed by atoms with Crippen LogP contribution in [-0.2, 0) is 14.8 Å². The highest BCUT2D eigenvalue weighted by Crippen LogP contribution is 2.36. The Morgan fingerprint density at radius 2 is 2.08 bits per heavy atom. The molecular weight excluding hydrogens is 384 g/mol. The third-order valence-corrected chi connectivity index (χ3v) is 5.68. The van der Waals surface area contributed by atoms with Gasteiger partial charge >= 0.3 is 0 Å². The average Bonchev–Trinajstić information content (AvgIpc) is 2.60. The lowest BCUT2D eigenvalue weighted by atomic mass is 10.1. The van der Waals surface area contributed by atoms with Crippen molar-refractivity contribution in [1.29, 1.82) is 0 Å². The SMILES string of the molecule is COc1ccc2c(c1)C(O)=C(C(=O)Nc1cncc(Cl)n1)N(C)S2(=O)=O. The summed E-state index contributed by atoms with van der Waals surface area (Å²) in [6, 6.07) is 4.08. The maximum absolute atomic E-state index is 12.7. The van der Waals surface area contributed by atoms with E-state index in [-0.39, 0.29) is 21.4 Å². The molecule has 0 radical (unpaired) electrons. The van der Waals surface area contributed by atoms with Crippen molar-refractivity contribution in [3.8, 4) is 5.75 Å². The number of sulfonamides is 1. The van der Waals surface area contributed by atoms with Gasteiger partial charge in [0.25, 0.3) is 15.9 Å². The fourth-order valence-corrected chi connectivity index (χ4v) is 3.94. The van der Waals surface area contributed by atoms with E-state index >= 15 is 0 Å². The first-order valence-electron chi connectivity index (χ1n) is 7.15. The summed E-state index contributed by atoms with van der Waals surface area (Å²) in [5, 5.41) is 12.9. The molecule has 0 saturated heterocycles. The van der Waals surface area contributed by atoms with E-state index in [1.54, 1.807) is 0 Å². The number of aromatic nitrogens is 2. The van der Waals surface area contributed by atoms with Gasteiger partial charge in [0.2, 0.25) is 0 Å². The molecule has 1 aromatic carbocycles. The number of hydrogen-bond donors (Lipinski definition) is 2. The molecule has 0 saturated carbocycles. The number of carbonyl (C=O) groups excluding carboxylic acids is 1. The number of aliphatic hydroxyl groups is 1. The van der Waals surface area contributed by atoms with Crippen molar-refractivity contribution < 1.29 is 23.1 Å². The molecule has 2 N–H and O–H groups in total. The summed E-state index contributed by atoms with van der Waals surface area (Å²) in [4.78, 5) is 20.0. The van der Waals surface area contributed by atoms with Crippen molar-refractivity contribution in [2.45, 2.75) is 4.90 Å². The number of nitrogens with one attached hydrogen (secondary N) is 1. The Balaban J connectivity index is 2.11. The molecule has 9 nitrogen and oxygen atoms in total. The lowest BCUT2D eigenvalue weighted by molar-refractivity contribution is -0.113. The summed E-state index contributed by atoms with van der Waals surface area (Å²) < 4.78 is 31.1. The van der Waals surface area contributed by atoms with Gasteiger partial charge in [0.05, 0.1) is 24.4 Å². The van der Waals surface area contributed by atoms with E-state index in [0.717, 1.165) is 7.05 Å². The fourth-order valence-electron chi connectivity index (χ4n) is 2.42. The van der Waals surface area contributed by atoms with Crippen LogP contribution in [0.3, 0.4) is 0 Å². The lowest BCUT2D eigenvalue weighted by Crippen LogP contribution is -2.37. The van der Waals surface area contributed by atoms with Gasteiger partial charge in [0.15, 0.2) is 17.3 Å². The highest BCUT2D eigenvalue weighted by Gasteiger charge is 2.38. The van der Waals surface area contributed by atoms with Crippen LogP contribution in [0.5, 0.6) is 5.75 Å². The van der Waals surface area contributed by atoms with Gasteiger partial charge in [-0.15, -0.1) is 0 Å². The molecule has 1 amide bonds. The second kappa shape index (κ2) is 6.46. The molecule has 26 heavy (non-hydrogen) atoms. The number of methoxy groups -OCH3 is 1. The van der Waals surface area contributed by atoms with E-state index in [4.69, 9.17) is 16.3 Å². The van der Waals surface area contributed by atoms with Crippen LogP contribution in [-0.4, -0.2) is 47.9 Å². The predicted octanol–water partition coefficient (Wildman–Crippen LogP) is 1.64. The largest absolute Gasteiger partial charge is 0.505 e. The first-order chi connectivity index (χ1) is 12.3. The van der Waals surface area contributed by atoms with Crippen molar-refractivity contribution in [3.63, 3.8) is 0 Å². The number of aliphatic hydroxyl groups excluding tert-OH is 1. The van der Waals surface area contributed by atoms with Gasteiger partial charge in [-0.2, -0.15) is 0 Å². The first kappa shape index (κ1) is 18.0. The van der Waals surface area contributed by atoms with Gasteiger partial charge < -0.3 is 15.2 Å². The van der Waals surface area contributed by atoms with Gasteiger partial charge in [-0.05, 0) is 18.2 Å².